The quantitative estimate of drug-likeness (QED) is 0.679. The third kappa shape index (κ3) is 5.63. The first kappa shape index (κ1) is 18.5. The van der Waals surface area contributed by atoms with Crippen LogP contribution in [-0.4, -0.2) is 36.9 Å². The molecule has 134 valence electrons. The maximum absolute atomic E-state index is 12.4. The summed E-state index contributed by atoms with van der Waals surface area (Å²) in [6.07, 6.45) is 3.44. The Labute approximate surface area is 147 Å². The first-order chi connectivity index (χ1) is 12.2. The molecule has 0 saturated carbocycles. The lowest BCUT2D eigenvalue weighted by Gasteiger charge is -2.09. The number of anilines is 2. The molecule has 1 aromatic carbocycles. The number of benzene rings is 1. The van der Waals surface area contributed by atoms with E-state index in [0.29, 0.717) is 28.7 Å². The number of nitrogens with one attached hydrogen (secondary N) is 2. The molecule has 1 amide bonds. The summed E-state index contributed by atoms with van der Waals surface area (Å²) in [7, 11) is 3.07. The van der Waals surface area contributed by atoms with E-state index in [1.165, 1.54) is 27.1 Å². The van der Waals surface area contributed by atoms with Crippen LogP contribution in [0.4, 0.5) is 11.6 Å². The van der Waals surface area contributed by atoms with Crippen molar-refractivity contribution in [1.29, 1.82) is 0 Å². The summed E-state index contributed by atoms with van der Waals surface area (Å²) in [6, 6.07) is 8.48. The van der Waals surface area contributed by atoms with Gasteiger partial charge in [-0.3, -0.25) is 4.79 Å². The summed E-state index contributed by atoms with van der Waals surface area (Å²) in [5.41, 5.74) is 0.416. The number of aromatic nitrogens is 2. The average Bonchev–Trinajstić information content (AvgIpc) is 2.66. The zero-order valence-electron chi connectivity index (χ0n) is 14.8. The van der Waals surface area contributed by atoms with Crippen LogP contribution in [0.1, 0.15) is 36.5 Å². The summed E-state index contributed by atoms with van der Waals surface area (Å²) in [6.45, 7) is 3.02. The normalized spacial score (nSPS) is 10.2. The Morgan fingerprint density at radius 1 is 1.00 bits per heavy atom. The molecule has 25 heavy (non-hydrogen) atoms. The Bertz CT molecular complexity index is 667. The van der Waals surface area contributed by atoms with Crippen molar-refractivity contribution in [1.82, 2.24) is 10.2 Å². The van der Waals surface area contributed by atoms with Crippen LogP contribution in [0.15, 0.2) is 30.3 Å². The van der Waals surface area contributed by atoms with Gasteiger partial charge in [-0.2, -0.15) is 0 Å². The van der Waals surface area contributed by atoms with E-state index in [9.17, 15) is 4.79 Å². The van der Waals surface area contributed by atoms with Gasteiger partial charge in [0.2, 0.25) is 0 Å². The standard InChI is InChI=1S/C18H24N4O3/c1-4-5-6-9-19-16-7-8-17(22-21-16)20-18(23)13-10-14(24-2)12-15(11-13)25-3/h7-8,10-12H,4-6,9H2,1-3H3,(H,19,21)(H,20,22,23). The van der Waals surface area contributed by atoms with E-state index in [1.54, 1.807) is 30.3 Å². The number of amides is 1. The maximum atomic E-state index is 12.4. The molecule has 0 aliphatic rings. The minimum Gasteiger partial charge on any atom is -0.497 e. The van der Waals surface area contributed by atoms with Crippen molar-refractivity contribution in [3.8, 4) is 11.5 Å². The highest BCUT2D eigenvalue weighted by molar-refractivity contribution is 6.04. The van der Waals surface area contributed by atoms with Gasteiger partial charge in [0, 0.05) is 18.2 Å². The van der Waals surface area contributed by atoms with Gasteiger partial charge >= 0.3 is 0 Å². The molecular weight excluding hydrogens is 320 g/mol. The lowest BCUT2D eigenvalue weighted by molar-refractivity contribution is 0.102. The average molecular weight is 344 g/mol. The van der Waals surface area contributed by atoms with E-state index in [4.69, 9.17) is 9.47 Å². The van der Waals surface area contributed by atoms with Crippen LogP contribution in [0.3, 0.4) is 0 Å². The maximum Gasteiger partial charge on any atom is 0.257 e. The SMILES string of the molecule is CCCCCNc1ccc(NC(=O)c2cc(OC)cc(OC)c2)nn1. The van der Waals surface area contributed by atoms with Crippen LogP contribution in [0, 0.1) is 0 Å². The van der Waals surface area contributed by atoms with Crippen molar-refractivity contribution in [3.05, 3.63) is 35.9 Å². The number of ether oxygens (including phenoxy) is 2. The van der Waals surface area contributed by atoms with Gasteiger partial charge in [-0.05, 0) is 30.7 Å². The molecule has 7 heteroatoms. The molecule has 0 bridgehead atoms. The monoisotopic (exact) mass is 344 g/mol. The molecule has 0 spiro atoms. The van der Waals surface area contributed by atoms with Crippen molar-refractivity contribution in [2.24, 2.45) is 0 Å². The number of rotatable bonds is 9. The molecule has 1 aromatic heterocycles. The first-order valence-corrected chi connectivity index (χ1v) is 8.28. The number of carbonyl (C=O) groups is 1. The molecule has 2 N–H and O–H groups in total. The number of carbonyl (C=O) groups excluding carboxylic acids is 1. The Morgan fingerprint density at radius 3 is 2.20 bits per heavy atom. The third-order valence-electron chi connectivity index (χ3n) is 3.61. The molecule has 7 nitrogen and oxygen atoms in total. The lowest BCUT2D eigenvalue weighted by Crippen LogP contribution is -2.14. The Hall–Kier alpha value is -2.83. The second kappa shape index (κ2) is 9.46. The topological polar surface area (TPSA) is 85.4 Å². The van der Waals surface area contributed by atoms with Gasteiger partial charge in [-0.1, -0.05) is 19.8 Å². The second-order valence-corrected chi connectivity index (χ2v) is 5.49. The van der Waals surface area contributed by atoms with E-state index >= 15 is 0 Å². The molecule has 1 heterocycles. The highest BCUT2D eigenvalue weighted by Crippen LogP contribution is 2.23. The van der Waals surface area contributed by atoms with Crippen molar-refractivity contribution < 1.29 is 14.3 Å². The highest BCUT2D eigenvalue weighted by Gasteiger charge is 2.11. The lowest BCUT2D eigenvalue weighted by atomic mass is 10.2. The predicted molar refractivity (Wildman–Crippen MR) is 97.5 cm³/mol. The molecule has 0 aliphatic heterocycles. The summed E-state index contributed by atoms with van der Waals surface area (Å²) in [4.78, 5) is 12.4. The predicted octanol–water partition coefficient (Wildman–Crippen LogP) is 3.35. The minimum atomic E-state index is -0.310. The van der Waals surface area contributed by atoms with Crippen LogP contribution in [0.5, 0.6) is 11.5 Å². The van der Waals surface area contributed by atoms with Crippen molar-refractivity contribution >= 4 is 17.5 Å². The molecule has 0 saturated heterocycles. The van der Waals surface area contributed by atoms with E-state index < -0.39 is 0 Å². The number of hydrogen-bond donors (Lipinski definition) is 2. The van der Waals surface area contributed by atoms with Crippen LogP contribution >= 0.6 is 0 Å². The zero-order chi connectivity index (χ0) is 18.1. The van der Waals surface area contributed by atoms with E-state index in [1.807, 2.05) is 0 Å². The fourth-order valence-electron chi connectivity index (χ4n) is 2.21. The van der Waals surface area contributed by atoms with Crippen LogP contribution in [0.2, 0.25) is 0 Å². The molecule has 0 atom stereocenters. The summed E-state index contributed by atoms with van der Waals surface area (Å²) in [5, 5.41) is 14.0. The third-order valence-corrected chi connectivity index (χ3v) is 3.61. The number of nitrogens with zero attached hydrogens (tertiary/aromatic N) is 2. The van der Waals surface area contributed by atoms with E-state index in [0.717, 1.165) is 13.0 Å². The fraction of sp³-hybridized carbons (Fsp3) is 0.389. The zero-order valence-corrected chi connectivity index (χ0v) is 14.8. The van der Waals surface area contributed by atoms with Gasteiger partial charge in [-0.15, -0.1) is 10.2 Å². The highest BCUT2D eigenvalue weighted by atomic mass is 16.5. The van der Waals surface area contributed by atoms with Gasteiger partial charge in [0.05, 0.1) is 14.2 Å². The van der Waals surface area contributed by atoms with Gasteiger partial charge in [0.25, 0.3) is 5.91 Å². The molecule has 2 aromatic rings. The fourth-order valence-corrected chi connectivity index (χ4v) is 2.21. The summed E-state index contributed by atoms with van der Waals surface area (Å²) >= 11 is 0. The van der Waals surface area contributed by atoms with Crippen molar-refractivity contribution in [3.63, 3.8) is 0 Å². The van der Waals surface area contributed by atoms with E-state index in [2.05, 4.69) is 27.8 Å². The largest absolute Gasteiger partial charge is 0.497 e. The molecule has 0 radical (unpaired) electrons. The van der Waals surface area contributed by atoms with Gasteiger partial charge in [-0.25, -0.2) is 0 Å². The van der Waals surface area contributed by atoms with Crippen LogP contribution in [-0.2, 0) is 0 Å². The smallest absolute Gasteiger partial charge is 0.257 e. The number of unbranched alkanes of at least 4 members (excludes halogenated alkanes) is 2. The van der Waals surface area contributed by atoms with Gasteiger partial charge in [0.15, 0.2) is 5.82 Å². The molecular formula is C18H24N4O3. The Kier molecular flexibility index (Phi) is 7.00. The molecule has 2 rings (SSSR count). The van der Waals surface area contributed by atoms with Gasteiger partial charge < -0.3 is 20.1 Å². The summed E-state index contributed by atoms with van der Waals surface area (Å²) in [5.74, 6) is 1.85. The van der Waals surface area contributed by atoms with E-state index in [-0.39, 0.29) is 5.91 Å². The minimum absolute atomic E-state index is 0.310. The molecule has 0 unspecified atom stereocenters. The Morgan fingerprint density at radius 2 is 1.64 bits per heavy atom. The van der Waals surface area contributed by atoms with Gasteiger partial charge in [0.1, 0.15) is 17.3 Å². The summed E-state index contributed by atoms with van der Waals surface area (Å²) < 4.78 is 10.3. The van der Waals surface area contributed by atoms with Crippen molar-refractivity contribution in [2.75, 3.05) is 31.4 Å². The number of methoxy groups -OCH3 is 2. The molecule has 0 aliphatic carbocycles. The Balaban J connectivity index is 1.98. The second-order valence-electron chi connectivity index (χ2n) is 5.49. The molecule has 0 fully saturated rings. The van der Waals surface area contributed by atoms with Crippen molar-refractivity contribution in [2.45, 2.75) is 26.2 Å². The first-order valence-electron chi connectivity index (χ1n) is 8.28. The number of hydrogen-bond acceptors (Lipinski definition) is 6. The van der Waals surface area contributed by atoms with Crippen LogP contribution in [0.25, 0.3) is 0 Å². The van der Waals surface area contributed by atoms with Crippen LogP contribution < -0.4 is 20.1 Å².